The van der Waals surface area contributed by atoms with E-state index in [0.29, 0.717) is 22.5 Å². The average molecular weight is 313 g/mol. The highest BCUT2D eigenvalue weighted by molar-refractivity contribution is 5.95. The highest BCUT2D eigenvalue weighted by Crippen LogP contribution is 2.18. The molecule has 0 unspecified atom stereocenters. The molecule has 0 radical (unpaired) electrons. The van der Waals surface area contributed by atoms with Crippen LogP contribution in [0, 0.1) is 0 Å². The second-order valence-corrected chi connectivity index (χ2v) is 5.29. The van der Waals surface area contributed by atoms with Gasteiger partial charge in [-0.25, -0.2) is 4.79 Å². The van der Waals surface area contributed by atoms with Crippen LogP contribution in [0.1, 0.15) is 34.6 Å². The molecule has 0 aliphatic carbocycles. The Kier molecular flexibility index (Phi) is 5.30. The number of hydrogen-bond donors (Lipinski definition) is 2. The molecule has 6 nitrogen and oxygen atoms in total. The maximum Gasteiger partial charge on any atom is 0.337 e. The van der Waals surface area contributed by atoms with E-state index in [0.717, 1.165) is 0 Å². The maximum absolute atomic E-state index is 12.0. The summed E-state index contributed by atoms with van der Waals surface area (Å²) in [5.41, 5.74) is 2.27. The number of carbonyl (C=O) groups is 2. The van der Waals surface area contributed by atoms with Crippen LogP contribution in [0.15, 0.2) is 42.7 Å². The minimum absolute atomic E-state index is 0.0517. The fraction of sp³-hybridized carbons (Fsp3) is 0.235. The van der Waals surface area contributed by atoms with Gasteiger partial charge in [-0.1, -0.05) is 6.07 Å². The lowest BCUT2D eigenvalue weighted by molar-refractivity contribution is 0.0600. The first kappa shape index (κ1) is 16.5. The molecule has 0 atom stereocenters. The molecule has 1 aromatic heterocycles. The molecule has 1 amide bonds. The van der Waals surface area contributed by atoms with Gasteiger partial charge in [-0.3, -0.25) is 9.78 Å². The minimum Gasteiger partial charge on any atom is -0.465 e. The number of carbonyl (C=O) groups excluding carboxylic acids is 2. The summed E-state index contributed by atoms with van der Waals surface area (Å²) in [5.74, 6) is -0.587. The van der Waals surface area contributed by atoms with Gasteiger partial charge in [-0.15, -0.1) is 0 Å². The van der Waals surface area contributed by atoms with Gasteiger partial charge in [0, 0.05) is 17.9 Å². The van der Waals surface area contributed by atoms with Crippen molar-refractivity contribution in [3.8, 4) is 0 Å². The second-order valence-electron chi connectivity index (χ2n) is 5.29. The summed E-state index contributed by atoms with van der Waals surface area (Å²) in [7, 11) is 1.34. The molecule has 0 aliphatic heterocycles. The highest BCUT2D eigenvalue weighted by atomic mass is 16.5. The number of pyridine rings is 1. The van der Waals surface area contributed by atoms with E-state index >= 15 is 0 Å². The molecule has 0 spiro atoms. The van der Waals surface area contributed by atoms with Crippen LogP contribution in [0.3, 0.4) is 0 Å². The lowest BCUT2D eigenvalue weighted by atomic mass is 10.2. The fourth-order valence-electron chi connectivity index (χ4n) is 1.99. The van der Waals surface area contributed by atoms with Crippen LogP contribution < -0.4 is 10.6 Å². The monoisotopic (exact) mass is 313 g/mol. The van der Waals surface area contributed by atoms with Crippen molar-refractivity contribution in [1.29, 1.82) is 0 Å². The Morgan fingerprint density at radius 1 is 1.09 bits per heavy atom. The van der Waals surface area contributed by atoms with Crippen LogP contribution >= 0.6 is 0 Å². The zero-order valence-electron chi connectivity index (χ0n) is 13.3. The van der Waals surface area contributed by atoms with Gasteiger partial charge in [0.05, 0.1) is 30.1 Å². The largest absolute Gasteiger partial charge is 0.465 e. The maximum atomic E-state index is 12.0. The summed E-state index contributed by atoms with van der Waals surface area (Å²) in [4.78, 5) is 27.6. The SMILES string of the molecule is COC(=O)c1cccc(Nc2cncc(C(=O)NC(C)C)c2)c1. The van der Waals surface area contributed by atoms with Crippen molar-refractivity contribution in [2.24, 2.45) is 0 Å². The van der Waals surface area contributed by atoms with Crippen molar-refractivity contribution in [2.45, 2.75) is 19.9 Å². The lowest BCUT2D eigenvalue weighted by Gasteiger charge is -2.11. The Balaban J connectivity index is 2.17. The summed E-state index contributed by atoms with van der Waals surface area (Å²) < 4.78 is 4.70. The van der Waals surface area contributed by atoms with E-state index in [2.05, 4.69) is 15.6 Å². The first-order valence-corrected chi connectivity index (χ1v) is 7.21. The van der Waals surface area contributed by atoms with E-state index in [9.17, 15) is 9.59 Å². The number of methoxy groups -OCH3 is 1. The Hall–Kier alpha value is -2.89. The van der Waals surface area contributed by atoms with Crippen LogP contribution in [-0.2, 0) is 4.74 Å². The predicted molar refractivity (Wildman–Crippen MR) is 87.9 cm³/mol. The smallest absolute Gasteiger partial charge is 0.337 e. The third-order valence-electron chi connectivity index (χ3n) is 2.99. The van der Waals surface area contributed by atoms with Crippen LogP contribution in [-0.4, -0.2) is 30.0 Å². The minimum atomic E-state index is -0.406. The number of nitrogens with one attached hydrogen (secondary N) is 2. The first-order chi connectivity index (χ1) is 11.0. The molecular formula is C17H19N3O3. The summed E-state index contributed by atoms with van der Waals surface area (Å²) >= 11 is 0. The molecule has 0 fully saturated rings. The van der Waals surface area contributed by atoms with Crippen molar-refractivity contribution < 1.29 is 14.3 Å². The van der Waals surface area contributed by atoms with Crippen molar-refractivity contribution in [2.75, 3.05) is 12.4 Å². The summed E-state index contributed by atoms with van der Waals surface area (Å²) in [6.45, 7) is 3.79. The van der Waals surface area contributed by atoms with Gasteiger partial charge in [0.15, 0.2) is 0 Å². The summed E-state index contributed by atoms with van der Waals surface area (Å²) in [6.07, 6.45) is 3.12. The number of esters is 1. The van der Waals surface area contributed by atoms with Gasteiger partial charge in [0.1, 0.15) is 0 Å². The normalized spacial score (nSPS) is 10.3. The van der Waals surface area contributed by atoms with E-state index < -0.39 is 5.97 Å². The molecule has 6 heteroatoms. The molecular weight excluding hydrogens is 294 g/mol. The standard InChI is InChI=1S/C17H19N3O3/c1-11(2)19-16(21)13-8-15(10-18-9-13)20-14-6-4-5-12(7-14)17(22)23-3/h4-11,20H,1-3H3,(H,19,21). The number of ether oxygens (including phenoxy) is 1. The van der Waals surface area contributed by atoms with Gasteiger partial charge < -0.3 is 15.4 Å². The van der Waals surface area contributed by atoms with Crippen molar-refractivity contribution in [1.82, 2.24) is 10.3 Å². The molecule has 1 aromatic carbocycles. The third-order valence-corrected chi connectivity index (χ3v) is 2.99. The second kappa shape index (κ2) is 7.40. The van der Waals surface area contributed by atoms with Crippen LogP contribution in [0.4, 0.5) is 11.4 Å². The number of aromatic nitrogens is 1. The van der Waals surface area contributed by atoms with E-state index in [1.807, 2.05) is 19.9 Å². The van der Waals surface area contributed by atoms with Gasteiger partial charge >= 0.3 is 5.97 Å². The topological polar surface area (TPSA) is 80.3 Å². The van der Waals surface area contributed by atoms with Gasteiger partial charge in [0.25, 0.3) is 5.91 Å². The van der Waals surface area contributed by atoms with Crippen molar-refractivity contribution in [3.63, 3.8) is 0 Å². The average Bonchev–Trinajstić information content (AvgIpc) is 2.54. The Morgan fingerprint density at radius 3 is 2.52 bits per heavy atom. The van der Waals surface area contributed by atoms with E-state index in [1.165, 1.54) is 13.3 Å². The Bertz CT molecular complexity index is 714. The molecule has 23 heavy (non-hydrogen) atoms. The number of anilines is 2. The summed E-state index contributed by atoms with van der Waals surface area (Å²) in [5, 5.41) is 5.94. The number of benzene rings is 1. The molecule has 2 rings (SSSR count). The molecule has 0 saturated carbocycles. The quantitative estimate of drug-likeness (QED) is 0.830. The van der Waals surface area contributed by atoms with Gasteiger partial charge in [-0.05, 0) is 38.1 Å². The molecule has 2 aromatic rings. The first-order valence-electron chi connectivity index (χ1n) is 7.21. The molecule has 0 bridgehead atoms. The third kappa shape index (κ3) is 4.54. The zero-order valence-corrected chi connectivity index (χ0v) is 13.3. The van der Waals surface area contributed by atoms with E-state index in [4.69, 9.17) is 4.74 Å². The number of amides is 1. The molecule has 1 heterocycles. The molecule has 0 saturated heterocycles. The van der Waals surface area contributed by atoms with E-state index in [-0.39, 0.29) is 11.9 Å². The Morgan fingerprint density at radius 2 is 1.83 bits per heavy atom. The number of rotatable bonds is 5. The Labute approximate surface area is 134 Å². The van der Waals surface area contributed by atoms with Crippen molar-refractivity contribution in [3.05, 3.63) is 53.9 Å². The zero-order chi connectivity index (χ0) is 16.8. The van der Waals surface area contributed by atoms with Gasteiger partial charge in [0.2, 0.25) is 0 Å². The van der Waals surface area contributed by atoms with Crippen molar-refractivity contribution >= 4 is 23.3 Å². The van der Waals surface area contributed by atoms with Crippen LogP contribution in [0.2, 0.25) is 0 Å². The molecule has 0 aliphatic rings. The van der Waals surface area contributed by atoms with Crippen LogP contribution in [0.25, 0.3) is 0 Å². The fourth-order valence-corrected chi connectivity index (χ4v) is 1.99. The van der Waals surface area contributed by atoms with Gasteiger partial charge in [-0.2, -0.15) is 0 Å². The molecule has 2 N–H and O–H groups in total. The predicted octanol–water partition coefficient (Wildman–Crippen LogP) is 2.75. The summed E-state index contributed by atoms with van der Waals surface area (Å²) in [6, 6.07) is 8.66. The molecule has 120 valence electrons. The number of hydrogen-bond acceptors (Lipinski definition) is 5. The van der Waals surface area contributed by atoms with E-state index in [1.54, 1.807) is 30.5 Å². The van der Waals surface area contributed by atoms with Crippen LogP contribution in [0.5, 0.6) is 0 Å². The highest BCUT2D eigenvalue weighted by Gasteiger charge is 2.09. The lowest BCUT2D eigenvalue weighted by Crippen LogP contribution is -2.30. The number of nitrogens with zero attached hydrogens (tertiary/aromatic N) is 1.